The summed E-state index contributed by atoms with van der Waals surface area (Å²) in [6, 6.07) is 8.44. The van der Waals surface area contributed by atoms with Crippen molar-refractivity contribution < 1.29 is 14.4 Å². The van der Waals surface area contributed by atoms with Gasteiger partial charge in [0.1, 0.15) is 6.04 Å². The fourth-order valence-electron chi connectivity index (χ4n) is 3.85. The van der Waals surface area contributed by atoms with E-state index in [1.165, 1.54) is 4.90 Å². The van der Waals surface area contributed by atoms with Gasteiger partial charge in [-0.1, -0.05) is 31.0 Å². The Labute approximate surface area is 152 Å². The van der Waals surface area contributed by atoms with E-state index >= 15 is 0 Å². The van der Waals surface area contributed by atoms with Crippen LogP contribution < -0.4 is 5.32 Å². The first-order valence-electron chi connectivity index (χ1n) is 8.85. The maximum Gasteiger partial charge on any atom is 0.247 e. The quantitative estimate of drug-likeness (QED) is 0.792. The largest absolute Gasteiger partial charge is 0.324 e. The molecule has 0 unspecified atom stereocenters. The molecule has 5 nitrogen and oxygen atoms in total. The zero-order chi connectivity index (χ0) is 17.8. The molecule has 25 heavy (non-hydrogen) atoms. The Morgan fingerprint density at radius 2 is 1.76 bits per heavy atom. The molecule has 0 radical (unpaired) electrons. The third kappa shape index (κ3) is 3.73. The molecule has 1 aliphatic carbocycles. The van der Waals surface area contributed by atoms with Crippen LogP contribution in [0.5, 0.6) is 0 Å². The average Bonchev–Trinajstić information content (AvgIpc) is 2.88. The fraction of sp³-hybridized carbons (Fsp3) is 0.526. The van der Waals surface area contributed by atoms with Gasteiger partial charge >= 0.3 is 0 Å². The lowest BCUT2D eigenvalue weighted by Crippen LogP contribution is -2.48. The Balaban J connectivity index is 1.81. The molecule has 0 spiro atoms. The lowest BCUT2D eigenvalue weighted by atomic mass is 9.81. The van der Waals surface area contributed by atoms with Gasteiger partial charge in [0.2, 0.25) is 17.7 Å². The van der Waals surface area contributed by atoms with Gasteiger partial charge in [0.25, 0.3) is 0 Å². The first-order chi connectivity index (χ1) is 12.1. The van der Waals surface area contributed by atoms with E-state index in [0.29, 0.717) is 12.1 Å². The second-order valence-electron chi connectivity index (χ2n) is 6.70. The van der Waals surface area contributed by atoms with Crippen LogP contribution in [-0.4, -0.2) is 40.7 Å². The molecular formula is C19H24N2O3S. The predicted molar refractivity (Wildman–Crippen MR) is 99.2 cm³/mol. The molecule has 1 aromatic rings. The molecule has 3 amide bonds. The number of likely N-dealkylation sites (tertiary alicyclic amines) is 1. The highest BCUT2D eigenvalue weighted by Crippen LogP contribution is 2.39. The van der Waals surface area contributed by atoms with Gasteiger partial charge in [-0.3, -0.25) is 19.3 Å². The highest BCUT2D eigenvalue weighted by molar-refractivity contribution is 7.98. The summed E-state index contributed by atoms with van der Waals surface area (Å²) in [5, 5.41) is 2.86. The summed E-state index contributed by atoms with van der Waals surface area (Å²) >= 11 is 1.61. The number of para-hydroxylation sites is 1. The molecule has 0 bridgehead atoms. The molecule has 2 aliphatic rings. The number of nitrogens with one attached hydrogen (secondary N) is 1. The summed E-state index contributed by atoms with van der Waals surface area (Å²) in [5.41, 5.74) is 0.679. The molecule has 3 rings (SSSR count). The monoisotopic (exact) mass is 360 g/mol. The number of nitrogens with zero attached hydrogens (tertiary/aromatic N) is 1. The van der Waals surface area contributed by atoms with E-state index in [1.807, 2.05) is 24.5 Å². The number of benzene rings is 1. The minimum Gasteiger partial charge on any atom is -0.324 e. The van der Waals surface area contributed by atoms with Crippen LogP contribution in [0.15, 0.2) is 30.3 Å². The molecule has 3 atom stereocenters. The van der Waals surface area contributed by atoms with Crippen LogP contribution in [0, 0.1) is 11.8 Å². The van der Waals surface area contributed by atoms with E-state index in [2.05, 4.69) is 5.32 Å². The Bertz CT molecular complexity index is 625. The normalized spacial score (nSPS) is 24.1. The molecule has 2 fully saturated rings. The second kappa shape index (κ2) is 8.04. The standard InChI is InChI=1S/C19H24N2O3S/c1-25-12-11-16(17(22)20-13-7-3-2-4-8-13)21-18(23)14-9-5-6-10-15(14)19(21)24/h2-4,7-8,14-16H,5-6,9-12H2,1H3,(H,20,22)/t14-,15+,16-/m0/s1. The molecule has 1 saturated carbocycles. The zero-order valence-corrected chi connectivity index (χ0v) is 15.3. The number of fused-ring (bicyclic) bond motifs is 1. The van der Waals surface area contributed by atoms with Crippen molar-refractivity contribution in [3.63, 3.8) is 0 Å². The van der Waals surface area contributed by atoms with Crippen molar-refractivity contribution in [1.29, 1.82) is 0 Å². The van der Waals surface area contributed by atoms with Gasteiger partial charge in [-0.05, 0) is 43.4 Å². The van der Waals surface area contributed by atoms with Crippen molar-refractivity contribution in [3.8, 4) is 0 Å². The molecule has 1 N–H and O–H groups in total. The maximum atomic E-state index is 12.8. The van der Waals surface area contributed by atoms with Crippen LogP contribution >= 0.6 is 11.8 Å². The van der Waals surface area contributed by atoms with Gasteiger partial charge in [-0.15, -0.1) is 0 Å². The number of anilines is 1. The second-order valence-corrected chi connectivity index (χ2v) is 7.68. The fourth-order valence-corrected chi connectivity index (χ4v) is 4.31. The summed E-state index contributed by atoms with van der Waals surface area (Å²) in [5.74, 6) is -0.294. The number of hydrogen-bond acceptors (Lipinski definition) is 4. The Hall–Kier alpha value is -1.82. The van der Waals surface area contributed by atoms with Gasteiger partial charge in [-0.2, -0.15) is 11.8 Å². The molecule has 0 aromatic heterocycles. The number of imide groups is 1. The van der Waals surface area contributed by atoms with Gasteiger partial charge in [0.05, 0.1) is 11.8 Å². The van der Waals surface area contributed by atoms with Gasteiger partial charge < -0.3 is 5.32 Å². The van der Waals surface area contributed by atoms with Crippen LogP contribution in [0.1, 0.15) is 32.1 Å². The Morgan fingerprint density at radius 3 is 2.32 bits per heavy atom. The molecule has 1 saturated heterocycles. The number of amides is 3. The van der Waals surface area contributed by atoms with Crippen molar-refractivity contribution in [2.75, 3.05) is 17.3 Å². The smallest absolute Gasteiger partial charge is 0.247 e. The number of rotatable bonds is 6. The number of carbonyl (C=O) groups excluding carboxylic acids is 3. The van der Waals surface area contributed by atoms with Gasteiger partial charge in [0, 0.05) is 5.69 Å². The van der Waals surface area contributed by atoms with Crippen molar-refractivity contribution in [2.45, 2.75) is 38.1 Å². The van der Waals surface area contributed by atoms with Crippen LogP contribution in [0.25, 0.3) is 0 Å². The van der Waals surface area contributed by atoms with E-state index in [0.717, 1.165) is 31.4 Å². The van der Waals surface area contributed by atoms with Crippen molar-refractivity contribution in [2.24, 2.45) is 11.8 Å². The van der Waals surface area contributed by atoms with Crippen molar-refractivity contribution >= 4 is 35.2 Å². The highest BCUT2D eigenvalue weighted by Gasteiger charge is 2.51. The van der Waals surface area contributed by atoms with Crippen LogP contribution in [0.3, 0.4) is 0 Å². The molecule has 134 valence electrons. The van der Waals surface area contributed by atoms with Gasteiger partial charge in [-0.25, -0.2) is 0 Å². The van der Waals surface area contributed by atoms with E-state index in [-0.39, 0.29) is 29.6 Å². The summed E-state index contributed by atoms with van der Waals surface area (Å²) in [6.45, 7) is 0. The first kappa shape index (κ1) is 18.0. The third-order valence-electron chi connectivity index (χ3n) is 5.13. The molecule has 6 heteroatoms. The van der Waals surface area contributed by atoms with E-state index in [4.69, 9.17) is 0 Å². The average molecular weight is 360 g/mol. The summed E-state index contributed by atoms with van der Waals surface area (Å²) in [7, 11) is 0. The van der Waals surface area contributed by atoms with Gasteiger partial charge in [0.15, 0.2) is 0 Å². The van der Waals surface area contributed by atoms with E-state index < -0.39 is 6.04 Å². The van der Waals surface area contributed by atoms with Crippen molar-refractivity contribution in [1.82, 2.24) is 4.90 Å². The van der Waals surface area contributed by atoms with E-state index in [1.54, 1.807) is 23.9 Å². The van der Waals surface area contributed by atoms with Crippen LogP contribution in [0.2, 0.25) is 0 Å². The summed E-state index contributed by atoms with van der Waals surface area (Å²) < 4.78 is 0. The molecular weight excluding hydrogens is 336 g/mol. The lowest BCUT2D eigenvalue weighted by Gasteiger charge is -2.25. The minimum atomic E-state index is -0.724. The Kier molecular flexibility index (Phi) is 5.78. The van der Waals surface area contributed by atoms with E-state index in [9.17, 15) is 14.4 Å². The summed E-state index contributed by atoms with van der Waals surface area (Å²) in [4.78, 5) is 39.8. The minimum absolute atomic E-state index is 0.149. The predicted octanol–water partition coefficient (Wildman–Crippen LogP) is 2.92. The van der Waals surface area contributed by atoms with Crippen LogP contribution in [-0.2, 0) is 14.4 Å². The van der Waals surface area contributed by atoms with Crippen LogP contribution in [0.4, 0.5) is 5.69 Å². The maximum absolute atomic E-state index is 12.8. The zero-order valence-electron chi connectivity index (χ0n) is 14.4. The molecule has 1 aliphatic heterocycles. The number of hydrogen-bond donors (Lipinski definition) is 1. The number of carbonyl (C=O) groups is 3. The molecule has 1 aromatic carbocycles. The van der Waals surface area contributed by atoms with Crippen molar-refractivity contribution in [3.05, 3.63) is 30.3 Å². The Morgan fingerprint density at radius 1 is 1.16 bits per heavy atom. The highest BCUT2D eigenvalue weighted by atomic mass is 32.2. The third-order valence-corrected chi connectivity index (χ3v) is 5.77. The lowest BCUT2D eigenvalue weighted by molar-refractivity contribution is -0.146. The number of thioether (sulfide) groups is 1. The molecule has 1 heterocycles. The first-order valence-corrected chi connectivity index (χ1v) is 10.2. The SMILES string of the molecule is CSCC[C@@H](C(=O)Nc1ccccc1)N1C(=O)[C@H]2CCCC[C@H]2C1=O. The summed E-state index contributed by atoms with van der Waals surface area (Å²) in [6.07, 6.45) is 5.94. The topological polar surface area (TPSA) is 66.5 Å².